The van der Waals surface area contributed by atoms with Crippen LogP contribution in [-0.4, -0.2) is 46.9 Å². The molecule has 0 saturated carbocycles. The van der Waals surface area contributed by atoms with Gasteiger partial charge in [-0.15, -0.1) is 0 Å². The van der Waals surface area contributed by atoms with Crippen LogP contribution in [0.5, 0.6) is 0 Å². The third-order valence-corrected chi connectivity index (χ3v) is 11.7. The summed E-state index contributed by atoms with van der Waals surface area (Å²) in [6, 6.07) is -0.705. The van der Waals surface area contributed by atoms with E-state index in [2.05, 4.69) is 62.5 Å². The van der Waals surface area contributed by atoms with E-state index in [4.69, 9.17) is 4.74 Å². The molecule has 1 amide bonds. The Balaban J connectivity index is 4.53. The average Bonchev–Trinajstić information content (AvgIpc) is 3.23. The molecule has 0 fully saturated rings. The maximum Gasteiger partial charge on any atom is 0.306 e. The molecule has 346 valence electrons. The molecule has 0 aliphatic rings. The van der Waals surface area contributed by atoms with Crippen molar-refractivity contribution < 1.29 is 24.5 Å². The van der Waals surface area contributed by atoms with Crippen molar-refractivity contribution in [3.8, 4) is 0 Å². The van der Waals surface area contributed by atoms with Crippen molar-refractivity contribution >= 4 is 11.9 Å². The number of unbranched alkanes of at least 4 members (excludes halogenated alkanes) is 28. The van der Waals surface area contributed by atoms with Crippen LogP contribution in [-0.2, 0) is 14.3 Å². The third kappa shape index (κ3) is 42.6. The molecule has 0 bridgehead atoms. The first-order valence-electron chi connectivity index (χ1n) is 25.7. The number of ether oxygens (including phenoxy) is 1. The van der Waals surface area contributed by atoms with Gasteiger partial charge >= 0.3 is 5.97 Å². The molecule has 3 unspecified atom stereocenters. The highest BCUT2D eigenvalue weighted by molar-refractivity contribution is 5.77. The number of hydrogen-bond acceptors (Lipinski definition) is 5. The minimum Gasteiger partial charge on any atom is -0.462 e. The molecule has 0 spiro atoms. The van der Waals surface area contributed by atoms with E-state index in [-0.39, 0.29) is 24.9 Å². The van der Waals surface area contributed by atoms with Gasteiger partial charge in [-0.25, -0.2) is 0 Å². The number of amides is 1. The number of hydrogen-bond donors (Lipinski definition) is 3. The van der Waals surface area contributed by atoms with Crippen molar-refractivity contribution in [3.63, 3.8) is 0 Å². The lowest BCUT2D eigenvalue weighted by molar-refractivity contribution is -0.151. The van der Waals surface area contributed by atoms with E-state index in [1.807, 2.05) is 0 Å². The Bertz CT molecular complexity index is 977. The van der Waals surface area contributed by atoms with Crippen LogP contribution in [0.25, 0.3) is 0 Å². The van der Waals surface area contributed by atoms with E-state index in [0.717, 1.165) is 83.5 Å². The maximum absolute atomic E-state index is 13.2. The highest BCUT2D eigenvalue weighted by Gasteiger charge is 2.24. The fraction of sp³-hybridized carbons (Fsp3) is 0.849. The normalized spacial score (nSPS) is 13.5. The summed E-state index contributed by atoms with van der Waals surface area (Å²) in [4.78, 5) is 26.1. The number of rotatable bonds is 46. The van der Waals surface area contributed by atoms with E-state index < -0.39 is 18.2 Å². The summed E-state index contributed by atoms with van der Waals surface area (Å²) >= 11 is 0. The molecule has 0 saturated heterocycles. The smallest absolute Gasteiger partial charge is 0.306 e. The van der Waals surface area contributed by atoms with Gasteiger partial charge in [0.15, 0.2) is 0 Å². The van der Waals surface area contributed by atoms with E-state index in [9.17, 15) is 19.8 Å². The number of nitrogens with one attached hydrogen (secondary N) is 1. The second kappa shape index (κ2) is 47.1. The van der Waals surface area contributed by atoms with Crippen molar-refractivity contribution in [1.82, 2.24) is 5.32 Å². The molecule has 6 nitrogen and oxygen atoms in total. The summed E-state index contributed by atoms with van der Waals surface area (Å²) in [5.41, 5.74) is 0. The van der Waals surface area contributed by atoms with Gasteiger partial charge in [-0.3, -0.25) is 9.59 Å². The highest BCUT2D eigenvalue weighted by atomic mass is 16.5. The summed E-state index contributed by atoms with van der Waals surface area (Å²) in [6.07, 6.45) is 54.9. The van der Waals surface area contributed by atoms with E-state index in [1.54, 1.807) is 0 Å². The van der Waals surface area contributed by atoms with Crippen LogP contribution in [0.1, 0.15) is 265 Å². The van der Waals surface area contributed by atoms with Crippen LogP contribution in [0.2, 0.25) is 0 Å². The average molecular weight is 830 g/mol. The van der Waals surface area contributed by atoms with Gasteiger partial charge in [0.1, 0.15) is 6.10 Å². The zero-order valence-corrected chi connectivity index (χ0v) is 39.4. The first kappa shape index (κ1) is 57.1. The van der Waals surface area contributed by atoms with Crippen molar-refractivity contribution in [2.24, 2.45) is 0 Å². The Morgan fingerprint density at radius 2 is 0.915 bits per heavy atom. The number of carbonyl (C=O) groups is 2. The van der Waals surface area contributed by atoms with Crippen LogP contribution in [0.3, 0.4) is 0 Å². The molecule has 6 heteroatoms. The quantitative estimate of drug-likeness (QED) is 0.0323. The Labute approximate surface area is 366 Å². The Kier molecular flexibility index (Phi) is 45.6. The Morgan fingerprint density at radius 1 is 0.508 bits per heavy atom. The molecule has 0 radical (unpaired) electrons. The van der Waals surface area contributed by atoms with Crippen molar-refractivity contribution in [2.45, 2.75) is 283 Å². The summed E-state index contributed by atoms with van der Waals surface area (Å²) in [6.45, 7) is 6.37. The van der Waals surface area contributed by atoms with Crippen molar-refractivity contribution in [2.75, 3.05) is 6.61 Å². The van der Waals surface area contributed by atoms with Crippen LogP contribution in [0.4, 0.5) is 0 Å². The number of carbonyl (C=O) groups excluding carboxylic acids is 2. The van der Waals surface area contributed by atoms with Gasteiger partial charge < -0.3 is 20.3 Å². The summed E-state index contributed by atoms with van der Waals surface area (Å²) in [5.74, 6) is -0.488. The van der Waals surface area contributed by atoms with Gasteiger partial charge in [0, 0.05) is 6.42 Å². The maximum atomic E-state index is 13.2. The number of aliphatic hydroxyl groups is 2. The molecule has 0 aliphatic heterocycles. The van der Waals surface area contributed by atoms with E-state index in [0.29, 0.717) is 19.3 Å². The molecule has 0 aliphatic carbocycles. The lowest BCUT2D eigenvalue weighted by atomic mass is 10.0. The zero-order chi connectivity index (χ0) is 43.1. The minimum absolute atomic E-state index is 0.0660. The topological polar surface area (TPSA) is 95.9 Å². The fourth-order valence-electron chi connectivity index (χ4n) is 7.86. The van der Waals surface area contributed by atoms with Crippen molar-refractivity contribution in [3.05, 3.63) is 36.5 Å². The standard InChI is InChI=1S/C53H99NO5/c1-4-7-10-13-16-19-22-24-26-27-29-31-33-36-39-42-45-51(56)50(48-55)54-52(57)47-49(59-53(58)46-43-40-37-34-21-18-15-12-9-6-3)44-41-38-35-32-30-28-25-23-20-17-14-11-8-5-2/h8,11,17,20,25,28,49-51,55-56H,4-7,9-10,12-16,18-19,21-24,26-27,29-48H2,1-3H3,(H,54,57)/b11-8+,20-17+,28-25+. The van der Waals surface area contributed by atoms with E-state index >= 15 is 0 Å². The minimum atomic E-state index is -0.791. The van der Waals surface area contributed by atoms with Gasteiger partial charge in [-0.2, -0.15) is 0 Å². The fourth-order valence-corrected chi connectivity index (χ4v) is 7.86. The number of aliphatic hydroxyl groups excluding tert-OH is 2. The van der Waals surface area contributed by atoms with Gasteiger partial charge in [0.05, 0.1) is 25.2 Å². The summed E-state index contributed by atoms with van der Waals surface area (Å²) in [7, 11) is 0. The molecule has 0 heterocycles. The molecule has 0 aromatic carbocycles. The second-order valence-electron chi connectivity index (χ2n) is 17.5. The molecule has 0 aromatic rings. The molecule has 0 rings (SSSR count). The monoisotopic (exact) mass is 830 g/mol. The Morgan fingerprint density at radius 3 is 1.39 bits per heavy atom. The predicted molar refractivity (Wildman–Crippen MR) is 255 cm³/mol. The molecular weight excluding hydrogens is 731 g/mol. The third-order valence-electron chi connectivity index (χ3n) is 11.7. The van der Waals surface area contributed by atoms with Crippen molar-refractivity contribution in [1.29, 1.82) is 0 Å². The first-order chi connectivity index (χ1) is 29.0. The molecule has 3 N–H and O–H groups in total. The lowest BCUT2D eigenvalue weighted by Crippen LogP contribution is -2.46. The van der Waals surface area contributed by atoms with Crippen LogP contribution in [0, 0.1) is 0 Å². The van der Waals surface area contributed by atoms with Gasteiger partial charge in [-0.05, 0) is 57.8 Å². The summed E-state index contributed by atoms with van der Waals surface area (Å²) in [5, 5.41) is 23.8. The van der Waals surface area contributed by atoms with E-state index in [1.165, 1.54) is 135 Å². The molecule has 3 atom stereocenters. The summed E-state index contributed by atoms with van der Waals surface area (Å²) < 4.78 is 5.91. The second-order valence-corrected chi connectivity index (χ2v) is 17.5. The molecule has 59 heavy (non-hydrogen) atoms. The molecular formula is C53H99NO5. The first-order valence-corrected chi connectivity index (χ1v) is 25.7. The van der Waals surface area contributed by atoms with Gasteiger partial charge in [-0.1, -0.05) is 231 Å². The highest BCUT2D eigenvalue weighted by Crippen LogP contribution is 2.18. The van der Waals surface area contributed by atoms with Crippen LogP contribution in [0.15, 0.2) is 36.5 Å². The predicted octanol–water partition coefficient (Wildman–Crippen LogP) is 15.3. The lowest BCUT2D eigenvalue weighted by Gasteiger charge is -2.24. The van der Waals surface area contributed by atoms with Crippen LogP contribution >= 0.6 is 0 Å². The number of allylic oxidation sites excluding steroid dienone is 6. The van der Waals surface area contributed by atoms with Gasteiger partial charge in [0.2, 0.25) is 5.91 Å². The number of esters is 1. The Hall–Kier alpha value is -1.92. The van der Waals surface area contributed by atoms with Crippen LogP contribution < -0.4 is 5.32 Å². The van der Waals surface area contributed by atoms with Gasteiger partial charge in [0.25, 0.3) is 0 Å². The largest absolute Gasteiger partial charge is 0.462 e. The molecule has 0 aromatic heterocycles. The SMILES string of the molecule is CC/C=C/C/C=C/C/C=C/CCCCCCC(CC(=O)NC(CO)C(O)CCCCCCCCCCCCCCCCCC)OC(=O)CCCCCCCCCCCC. The zero-order valence-electron chi connectivity index (χ0n) is 39.4.